The van der Waals surface area contributed by atoms with Crippen LogP contribution in [0.2, 0.25) is 0 Å². The van der Waals surface area contributed by atoms with E-state index in [2.05, 4.69) is 56.9 Å². The number of nitrogens with zero attached hydrogens (tertiary/aromatic N) is 1. The number of aliphatic hydroxyl groups excluding tert-OH is 1. The minimum atomic E-state index is -0.480. The fourth-order valence-corrected chi connectivity index (χ4v) is 4.09. The zero-order chi connectivity index (χ0) is 21.7. The molecule has 0 unspecified atom stereocenters. The quantitative estimate of drug-likeness (QED) is 0.732. The Balaban J connectivity index is 1.51. The number of hydrogen-bond donors (Lipinski definition) is 2. The Labute approximate surface area is 181 Å². The highest BCUT2D eigenvalue weighted by Gasteiger charge is 2.25. The number of aliphatic hydroxyl groups is 1. The molecule has 2 N–H and O–H groups in total. The van der Waals surface area contributed by atoms with E-state index in [1.807, 2.05) is 18.2 Å². The highest BCUT2D eigenvalue weighted by molar-refractivity contribution is 5.58. The van der Waals surface area contributed by atoms with E-state index >= 15 is 0 Å². The molecule has 1 aliphatic heterocycles. The van der Waals surface area contributed by atoms with E-state index < -0.39 is 6.10 Å². The van der Waals surface area contributed by atoms with Crippen LogP contribution in [0.1, 0.15) is 31.9 Å². The van der Waals surface area contributed by atoms with Gasteiger partial charge in [-0.2, -0.15) is 0 Å². The molecule has 0 saturated carbocycles. The summed E-state index contributed by atoms with van der Waals surface area (Å²) in [5.41, 5.74) is 3.57. The zero-order valence-corrected chi connectivity index (χ0v) is 19.1. The maximum absolute atomic E-state index is 10.6. The first kappa shape index (κ1) is 22.4. The van der Waals surface area contributed by atoms with Crippen molar-refractivity contribution in [1.82, 2.24) is 0 Å². The zero-order valence-electron chi connectivity index (χ0n) is 19.1. The number of nitrogens with one attached hydrogen (secondary N) is 1. The van der Waals surface area contributed by atoms with Gasteiger partial charge in [0, 0.05) is 0 Å². The first-order chi connectivity index (χ1) is 14.3. The number of quaternary nitrogens is 1. The van der Waals surface area contributed by atoms with Gasteiger partial charge in [0.2, 0.25) is 0 Å². The van der Waals surface area contributed by atoms with Crippen molar-refractivity contribution in [3.05, 3.63) is 53.6 Å². The Kier molecular flexibility index (Phi) is 7.27. The molecule has 0 aliphatic carbocycles. The molecule has 2 aromatic carbocycles. The largest absolute Gasteiger partial charge is 0.495 e. The molecule has 1 heterocycles. The van der Waals surface area contributed by atoms with Crippen molar-refractivity contribution in [2.75, 3.05) is 51.3 Å². The SMILES string of the molecule is COc1ccccc1N1CC[NH+](C[C@@H](O)COc2ccc(C)cc2C(C)(C)C)CC1. The summed E-state index contributed by atoms with van der Waals surface area (Å²) in [6, 6.07) is 14.5. The second-order valence-corrected chi connectivity index (χ2v) is 9.33. The van der Waals surface area contributed by atoms with Crippen LogP contribution in [0.15, 0.2) is 42.5 Å². The molecule has 1 aliphatic rings. The highest BCUT2D eigenvalue weighted by atomic mass is 16.5. The molecule has 0 bridgehead atoms. The molecule has 5 nitrogen and oxygen atoms in total. The maximum Gasteiger partial charge on any atom is 0.142 e. The van der Waals surface area contributed by atoms with E-state index in [4.69, 9.17) is 9.47 Å². The van der Waals surface area contributed by atoms with Crippen molar-refractivity contribution in [3.63, 3.8) is 0 Å². The minimum absolute atomic E-state index is 0.00633. The Morgan fingerprint density at radius 1 is 1.07 bits per heavy atom. The van der Waals surface area contributed by atoms with Crippen molar-refractivity contribution in [3.8, 4) is 11.5 Å². The van der Waals surface area contributed by atoms with E-state index in [0.717, 1.165) is 43.4 Å². The van der Waals surface area contributed by atoms with Gasteiger partial charge in [0.1, 0.15) is 30.8 Å². The van der Waals surface area contributed by atoms with E-state index in [1.54, 1.807) is 7.11 Å². The van der Waals surface area contributed by atoms with Crippen molar-refractivity contribution in [2.24, 2.45) is 0 Å². The molecule has 0 spiro atoms. The molecule has 0 amide bonds. The molecule has 3 rings (SSSR count). The molecule has 0 radical (unpaired) electrons. The molecule has 1 atom stereocenters. The summed E-state index contributed by atoms with van der Waals surface area (Å²) >= 11 is 0. The number of anilines is 1. The summed E-state index contributed by atoms with van der Waals surface area (Å²) in [4.78, 5) is 3.78. The van der Waals surface area contributed by atoms with Gasteiger partial charge in [-0.15, -0.1) is 0 Å². The number of piperazine rings is 1. The number of aryl methyl sites for hydroxylation is 1. The first-order valence-corrected chi connectivity index (χ1v) is 10.9. The van der Waals surface area contributed by atoms with Gasteiger partial charge in [0.15, 0.2) is 0 Å². The summed E-state index contributed by atoms with van der Waals surface area (Å²) in [5.74, 6) is 1.80. The van der Waals surface area contributed by atoms with Crippen LogP contribution < -0.4 is 19.3 Å². The van der Waals surface area contributed by atoms with E-state index in [1.165, 1.54) is 16.0 Å². The molecule has 30 heavy (non-hydrogen) atoms. The number of benzene rings is 2. The van der Waals surface area contributed by atoms with Gasteiger partial charge in [-0.1, -0.05) is 50.6 Å². The normalized spacial score (nSPS) is 16.4. The Morgan fingerprint density at radius 2 is 1.77 bits per heavy atom. The molecule has 2 aromatic rings. The van der Waals surface area contributed by atoms with Gasteiger partial charge in [0.05, 0.1) is 39.0 Å². The summed E-state index contributed by atoms with van der Waals surface area (Å²) in [5, 5.41) is 10.6. The average Bonchev–Trinajstić information content (AvgIpc) is 2.72. The fraction of sp³-hybridized carbons (Fsp3) is 0.520. The maximum atomic E-state index is 10.6. The number of para-hydroxylation sites is 2. The van der Waals surface area contributed by atoms with Gasteiger partial charge >= 0.3 is 0 Å². The smallest absolute Gasteiger partial charge is 0.142 e. The summed E-state index contributed by atoms with van der Waals surface area (Å²) < 4.78 is 11.6. The van der Waals surface area contributed by atoms with Gasteiger partial charge in [-0.05, 0) is 36.1 Å². The number of rotatable bonds is 7. The molecule has 1 saturated heterocycles. The summed E-state index contributed by atoms with van der Waals surface area (Å²) in [7, 11) is 1.72. The summed E-state index contributed by atoms with van der Waals surface area (Å²) in [6.45, 7) is 13.6. The molecule has 5 heteroatoms. The van der Waals surface area contributed by atoms with Crippen molar-refractivity contribution < 1.29 is 19.5 Å². The monoisotopic (exact) mass is 413 g/mol. The Bertz CT molecular complexity index is 823. The standard InChI is InChI=1S/C25H36N2O3/c1-19-10-11-23(21(16-19)25(2,3)4)30-18-20(28)17-26-12-14-27(15-13-26)22-8-6-7-9-24(22)29-5/h6-11,16,20,28H,12-15,17-18H2,1-5H3/p+1/t20-/m1/s1. The lowest BCUT2D eigenvalue weighted by Crippen LogP contribution is -3.16. The average molecular weight is 414 g/mol. The molecule has 164 valence electrons. The topological polar surface area (TPSA) is 46.4 Å². The van der Waals surface area contributed by atoms with E-state index in [0.29, 0.717) is 13.2 Å². The lowest BCUT2D eigenvalue weighted by atomic mass is 9.85. The Morgan fingerprint density at radius 3 is 2.43 bits per heavy atom. The van der Waals surface area contributed by atoms with Crippen LogP contribution in [0.3, 0.4) is 0 Å². The second-order valence-electron chi connectivity index (χ2n) is 9.33. The highest BCUT2D eigenvalue weighted by Crippen LogP contribution is 2.32. The van der Waals surface area contributed by atoms with Crippen LogP contribution in [-0.4, -0.2) is 57.7 Å². The predicted octanol–water partition coefficient (Wildman–Crippen LogP) is 2.45. The van der Waals surface area contributed by atoms with Gasteiger partial charge in [-0.3, -0.25) is 0 Å². The van der Waals surface area contributed by atoms with Crippen LogP contribution >= 0.6 is 0 Å². The van der Waals surface area contributed by atoms with Crippen molar-refractivity contribution in [1.29, 1.82) is 0 Å². The number of ether oxygens (including phenoxy) is 2. The van der Waals surface area contributed by atoms with E-state index in [-0.39, 0.29) is 5.41 Å². The van der Waals surface area contributed by atoms with Gasteiger partial charge in [-0.25, -0.2) is 0 Å². The van der Waals surface area contributed by atoms with Crippen LogP contribution in [0.4, 0.5) is 5.69 Å². The molecular weight excluding hydrogens is 376 g/mol. The predicted molar refractivity (Wildman–Crippen MR) is 122 cm³/mol. The molecule has 1 fully saturated rings. The fourth-order valence-electron chi connectivity index (χ4n) is 4.09. The van der Waals surface area contributed by atoms with E-state index in [9.17, 15) is 5.11 Å². The molecular formula is C25H37N2O3+. The van der Waals surface area contributed by atoms with Crippen LogP contribution in [0.25, 0.3) is 0 Å². The number of hydrogen-bond acceptors (Lipinski definition) is 4. The third kappa shape index (κ3) is 5.67. The van der Waals surface area contributed by atoms with Crippen LogP contribution in [-0.2, 0) is 5.41 Å². The lowest BCUT2D eigenvalue weighted by Gasteiger charge is -2.35. The van der Waals surface area contributed by atoms with Crippen LogP contribution in [0.5, 0.6) is 11.5 Å². The van der Waals surface area contributed by atoms with Gasteiger partial charge < -0.3 is 24.4 Å². The summed E-state index contributed by atoms with van der Waals surface area (Å²) in [6.07, 6.45) is -0.480. The lowest BCUT2D eigenvalue weighted by molar-refractivity contribution is -0.903. The first-order valence-electron chi connectivity index (χ1n) is 10.9. The number of methoxy groups -OCH3 is 1. The van der Waals surface area contributed by atoms with Gasteiger partial charge in [0.25, 0.3) is 0 Å². The third-order valence-electron chi connectivity index (χ3n) is 5.80. The van der Waals surface area contributed by atoms with Crippen molar-refractivity contribution >= 4 is 5.69 Å². The van der Waals surface area contributed by atoms with Crippen molar-refractivity contribution in [2.45, 2.75) is 39.2 Å². The second kappa shape index (κ2) is 9.71. The third-order valence-corrected chi connectivity index (χ3v) is 5.80. The minimum Gasteiger partial charge on any atom is -0.495 e. The molecule has 0 aromatic heterocycles. The van der Waals surface area contributed by atoms with Crippen LogP contribution in [0, 0.1) is 6.92 Å². The Hall–Kier alpha value is -2.24.